The van der Waals surface area contributed by atoms with Crippen LogP contribution in [0, 0.1) is 5.41 Å². The average Bonchev–Trinajstić information content (AvgIpc) is 2.72. The molecule has 0 spiro atoms. The van der Waals surface area contributed by atoms with E-state index < -0.39 is 0 Å². The molecule has 3 nitrogen and oxygen atoms in total. The molecule has 3 fully saturated rings. The Morgan fingerprint density at radius 1 is 1.18 bits per heavy atom. The van der Waals surface area contributed by atoms with Crippen LogP contribution in [0.3, 0.4) is 0 Å². The lowest BCUT2D eigenvalue weighted by atomic mass is 9.64. The van der Waals surface area contributed by atoms with Gasteiger partial charge in [0.2, 0.25) is 0 Å². The zero-order valence-electron chi connectivity index (χ0n) is 11.2. The second-order valence-electron chi connectivity index (χ2n) is 6.79. The first-order valence-electron chi connectivity index (χ1n) is 7.27. The number of rotatable bonds is 2. The normalized spacial score (nSPS) is 45.4. The van der Waals surface area contributed by atoms with Gasteiger partial charge in [-0.25, -0.2) is 0 Å². The summed E-state index contributed by atoms with van der Waals surface area (Å²) in [5, 5.41) is 13.6. The van der Waals surface area contributed by atoms with Crippen molar-refractivity contribution in [3.63, 3.8) is 0 Å². The molecule has 3 aliphatic rings. The van der Waals surface area contributed by atoms with Gasteiger partial charge < -0.3 is 10.4 Å². The number of nitrogens with one attached hydrogen (secondary N) is 1. The molecule has 2 N–H and O–H groups in total. The van der Waals surface area contributed by atoms with E-state index in [9.17, 15) is 5.11 Å². The molecule has 3 heteroatoms. The summed E-state index contributed by atoms with van der Waals surface area (Å²) in [6, 6.07) is 1.97. The summed E-state index contributed by atoms with van der Waals surface area (Å²) in [5.41, 5.74) is 0.0715. The van der Waals surface area contributed by atoms with Gasteiger partial charge in [-0.05, 0) is 32.2 Å². The maximum Gasteiger partial charge on any atom is 0.0621 e. The molecular weight excluding hydrogens is 212 g/mol. The number of hydrogen-bond donors (Lipinski definition) is 2. The first-order valence-corrected chi connectivity index (χ1v) is 7.27. The van der Waals surface area contributed by atoms with Crippen molar-refractivity contribution >= 4 is 0 Å². The summed E-state index contributed by atoms with van der Waals surface area (Å²) in [6.07, 6.45) is 6.29. The number of hydrogen-bond acceptors (Lipinski definition) is 3. The van der Waals surface area contributed by atoms with E-state index in [1.807, 2.05) is 0 Å². The van der Waals surface area contributed by atoms with Crippen molar-refractivity contribution < 1.29 is 5.11 Å². The second kappa shape index (κ2) is 4.22. The lowest BCUT2D eigenvalue weighted by Gasteiger charge is -2.51. The van der Waals surface area contributed by atoms with Crippen LogP contribution in [0.15, 0.2) is 0 Å². The number of aliphatic hydroxyl groups is 1. The maximum absolute atomic E-state index is 9.80. The van der Waals surface area contributed by atoms with Crippen LogP contribution >= 0.6 is 0 Å². The summed E-state index contributed by atoms with van der Waals surface area (Å²) in [5.74, 6) is 0. The number of piperidine rings is 1. The van der Waals surface area contributed by atoms with Gasteiger partial charge in [-0.15, -0.1) is 0 Å². The molecule has 4 unspecified atom stereocenters. The smallest absolute Gasteiger partial charge is 0.0621 e. The third kappa shape index (κ3) is 1.92. The molecule has 0 amide bonds. The fourth-order valence-corrected chi connectivity index (χ4v) is 3.89. The Morgan fingerprint density at radius 2 is 2.00 bits per heavy atom. The molecule has 1 aliphatic carbocycles. The van der Waals surface area contributed by atoms with E-state index in [2.05, 4.69) is 24.1 Å². The Kier molecular flexibility index (Phi) is 2.96. The van der Waals surface area contributed by atoms with Crippen LogP contribution in [-0.2, 0) is 0 Å². The minimum absolute atomic E-state index is 0.0715. The molecule has 3 rings (SSSR count). The Balaban J connectivity index is 1.59. The van der Waals surface area contributed by atoms with E-state index in [4.69, 9.17) is 0 Å². The minimum Gasteiger partial charge on any atom is -0.392 e. The first-order chi connectivity index (χ1) is 8.09. The van der Waals surface area contributed by atoms with E-state index in [1.54, 1.807) is 0 Å². The molecule has 98 valence electrons. The van der Waals surface area contributed by atoms with E-state index in [0.29, 0.717) is 12.1 Å². The van der Waals surface area contributed by atoms with Gasteiger partial charge in [0.15, 0.2) is 0 Å². The van der Waals surface area contributed by atoms with Crippen LogP contribution in [0.4, 0.5) is 0 Å². The van der Waals surface area contributed by atoms with E-state index in [-0.39, 0.29) is 11.5 Å². The summed E-state index contributed by atoms with van der Waals surface area (Å²) in [6.45, 7) is 6.95. The van der Waals surface area contributed by atoms with Crippen molar-refractivity contribution in [2.75, 3.05) is 13.1 Å². The Hall–Kier alpha value is -0.120. The third-order valence-corrected chi connectivity index (χ3v) is 5.49. The molecular formula is C14H26N2O. The van der Waals surface area contributed by atoms with Crippen LogP contribution in [0.25, 0.3) is 0 Å². The fourth-order valence-electron chi connectivity index (χ4n) is 3.89. The predicted molar refractivity (Wildman–Crippen MR) is 68.9 cm³/mol. The Bertz CT molecular complexity index is 292. The van der Waals surface area contributed by atoms with Gasteiger partial charge >= 0.3 is 0 Å². The monoisotopic (exact) mass is 238 g/mol. The van der Waals surface area contributed by atoms with Crippen molar-refractivity contribution in [3.8, 4) is 0 Å². The lowest BCUT2D eigenvalue weighted by molar-refractivity contribution is -0.0772. The highest BCUT2D eigenvalue weighted by atomic mass is 16.3. The molecule has 17 heavy (non-hydrogen) atoms. The van der Waals surface area contributed by atoms with Crippen molar-refractivity contribution in [1.29, 1.82) is 0 Å². The van der Waals surface area contributed by atoms with Crippen molar-refractivity contribution in [2.24, 2.45) is 5.41 Å². The van der Waals surface area contributed by atoms with Gasteiger partial charge in [-0.1, -0.05) is 20.3 Å². The van der Waals surface area contributed by atoms with Crippen LogP contribution in [0.2, 0.25) is 0 Å². The largest absolute Gasteiger partial charge is 0.392 e. The molecule has 0 aromatic carbocycles. The predicted octanol–water partition coefficient (Wildman–Crippen LogP) is 1.36. The highest BCUT2D eigenvalue weighted by Gasteiger charge is 2.49. The van der Waals surface area contributed by atoms with Gasteiger partial charge in [0.05, 0.1) is 6.10 Å². The zero-order valence-corrected chi connectivity index (χ0v) is 11.2. The molecule has 0 bridgehead atoms. The summed E-state index contributed by atoms with van der Waals surface area (Å²) in [4.78, 5) is 2.67. The Labute approximate surface area is 105 Å². The maximum atomic E-state index is 9.80. The average molecular weight is 238 g/mol. The quantitative estimate of drug-likeness (QED) is 0.762. The molecule has 1 saturated carbocycles. The summed E-state index contributed by atoms with van der Waals surface area (Å²) < 4.78 is 0. The molecule has 0 aromatic heterocycles. The van der Waals surface area contributed by atoms with Crippen LogP contribution < -0.4 is 5.32 Å². The number of nitrogens with zero attached hydrogens (tertiary/aromatic N) is 1. The Morgan fingerprint density at radius 3 is 2.71 bits per heavy atom. The number of aliphatic hydroxyl groups excluding tert-OH is 1. The van der Waals surface area contributed by atoms with E-state index in [0.717, 1.165) is 12.5 Å². The molecule has 2 saturated heterocycles. The molecule has 2 aliphatic heterocycles. The van der Waals surface area contributed by atoms with Crippen LogP contribution in [0.5, 0.6) is 0 Å². The van der Waals surface area contributed by atoms with Gasteiger partial charge in [-0.2, -0.15) is 0 Å². The molecule has 0 radical (unpaired) electrons. The van der Waals surface area contributed by atoms with Gasteiger partial charge in [0.1, 0.15) is 0 Å². The van der Waals surface area contributed by atoms with Crippen molar-refractivity contribution in [1.82, 2.24) is 10.2 Å². The lowest BCUT2D eigenvalue weighted by Crippen LogP contribution is -2.63. The van der Waals surface area contributed by atoms with E-state index in [1.165, 1.54) is 38.8 Å². The summed E-state index contributed by atoms with van der Waals surface area (Å²) in [7, 11) is 0. The standard InChI is InChI=1S/C14H26N2O/c1-14(2)12(9-13(14)17)15-10-6-8-16-7-4-3-5-11(10)16/h10-13,15,17H,3-9H2,1-2H3. The van der Waals surface area contributed by atoms with Gasteiger partial charge in [0.25, 0.3) is 0 Å². The highest BCUT2D eigenvalue weighted by Crippen LogP contribution is 2.41. The summed E-state index contributed by atoms with van der Waals surface area (Å²) >= 11 is 0. The fraction of sp³-hybridized carbons (Fsp3) is 1.00. The number of fused-ring (bicyclic) bond motifs is 1. The van der Waals surface area contributed by atoms with Gasteiger partial charge in [0, 0.05) is 30.1 Å². The van der Waals surface area contributed by atoms with Gasteiger partial charge in [-0.3, -0.25) is 4.90 Å². The minimum atomic E-state index is -0.108. The zero-order chi connectivity index (χ0) is 12.0. The van der Waals surface area contributed by atoms with Crippen LogP contribution in [-0.4, -0.2) is 47.3 Å². The molecule has 2 heterocycles. The molecule has 4 atom stereocenters. The SMILES string of the molecule is CC1(C)C(O)CC1NC1CCN2CCCCC12. The first kappa shape index (κ1) is 11.9. The van der Waals surface area contributed by atoms with Crippen LogP contribution in [0.1, 0.15) is 46.0 Å². The molecule has 0 aromatic rings. The third-order valence-electron chi connectivity index (χ3n) is 5.49. The van der Waals surface area contributed by atoms with Crippen molar-refractivity contribution in [3.05, 3.63) is 0 Å². The van der Waals surface area contributed by atoms with Crippen molar-refractivity contribution in [2.45, 2.75) is 70.2 Å². The topological polar surface area (TPSA) is 35.5 Å². The van der Waals surface area contributed by atoms with E-state index >= 15 is 0 Å². The highest BCUT2D eigenvalue weighted by molar-refractivity contribution is 5.05. The second-order valence-corrected chi connectivity index (χ2v) is 6.79.